The highest BCUT2D eigenvalue weighted by Crippen LogP contribution is 2.13. The summed E-state index contributed by atoms with van der Waals surface area (Å²) in [6.45, 7) is 6.73. The van der Waals surface area contributed by atoms with Crippen molar-refractivity contribution in [1.82, 2.24) is 15.2 Å². The van der Waals surface area contributed by atoms with Gasteiger partial charge in [-0.05, 0) is 43.6 Å². The van der Waals surface area contributed by atoms with Gasteiger partial charge >= 0.3 is 0 Å². The van der Waals surface area contributed by atoms with Gasteiger partial charge in [0.05, 0.1) is 0 Å². The Balaban J connectivity index is 1.94. The second-order valence-corrected chi connectivity index (χ2v) is 4.42. The van der Waals surface area contributed by atoms with Gasteiger partial charge in [-0.25, -0.2) is 0 Å². The van der Waals surface area contributed by atoms with Crippen molar-refractivity contribution < 1.29 is 0 Å². The van der Waals surface area contributed by atoms with E-state index in [9.17, 15) is 0 Å². The van der Waals surface area contributed by atoms with Crippen LogP contribution in [0, 0.1) is 0 Å². The quantitative estimate of drug-likeness (QED) is 0.834. The minimum Gasteiger partial charge on any atom is -0.315 e. The van der Waals surface area contributed by atoms with Crippen molar-refractivity contribution in [3.8, 4) is 0 Å². The first-order valence-electron chi connectivity index (χ1n) is 6.24. The first-order valence-corrected chi connectivity index (χ1v) is 6.24. The first-order chi connectivity index (χ1) is 7.90. The Hall–Kier alpha value is -0.930. The van der Waals surface area contributed by atoms with Gasteiger partial charge in [-0.3, -0.25) is 9.88 Å². The van der Waals surface area contributed by atoms with Gasteiger partial charge < -0.3 is 5.32 Å². The Morgan fingerprint density at radius 1 is 1.44 bits per heavy atom. The summed E-state index contributed by atoms with van der Waals surface area (Å²) < 4.78 is 0. The zero-order valence-corrected chi connectivity index (χ0v) is 10.0. The zero-order chi connectivity index (χ0) is 11.2. The van der Waals surface area contributed by atoms with Crippen LogP contribution in [-0.4, -0.2) is 35.6 Å². The van der Waals surface area contributed by atoms with E-state index in [1.165, 1.54) is 24.9 Å². The van der Waals surface area contributed by atoms with Crippen molar-refractivity contribution in [2.24, 2.45) is 0 Å². The number of pyridine rings is 1. The third kappa shape index (κ3) is 3.03. The molecule has 0 radical (unpaired) electrons. The van der Waals surface area contributed by atoms with E-state index in [1.807, 2.05) is 12.4 Å². The van der Waals surface area contributed by atoms with Crippen LogP contribution in [0.15, 0.2) is 24.5 Å². The van der Waals surface area contributed by atoms with Crippen LogP contribution in [0.25, 0.3) is 0 Å². The third-order valence-corrected chi connectivity index (χ3v) is 3.33. The third-order valence-electron chi connectivity index (χ3n) is 3.33. The van der Waals surface area contributed by atoms with E-state index in [0.29, 0.717) is 6.04 Å². The molecule has 1 atom stereocenters. The Morgan fingerprint density at radius 2 is 2.25 bits per heavy atom. The maximum absolute atomic E-state index is 4.06. The monoisotopic (exact) mass is 219 g/mol. The van der Waals surface area contributed by atoms with Crippen LogP contribution >= 0.6 is 0 Å². The lowest BCUT2D eigenvalue weighted by Gasteiger charge is -2.33. The summed E-state index contributed by atoms with van der Waals surface area (Å²) >= 11 is 0. The maximum atomic E-state index is 4.06. The molecule has 1 aromatic rings. The molecule has 2 rings (SSSR count). The number of aromatic nitrogens is 1. The largest absolute Gasteiger partial charge is 0.315 e. The van der Waals surface area contributed by atoms with E-state index in [0.717, 1.165) is 19.6 Å². The van der Waals surface area contributed by atoms with E-state index in [2.05, 4.69) is 34.3 Å². The molecule has 2 heterocycles. The van der Waals surface area contributed by atoms with Crippen molar-refractivity contribution in [1.29, 1.82) is 0 Å². The molecule has 0 bridgehead atoms. The molecule has 1 saturated heterocycles. The molecule has 0 spiro atoms. The lowest BCUT2D eigenvalue weighted by molar-refractivity contribution is 0.166. The molecule has 0 saturated carbocycles. The van der Waals surface area contributed by atoms with Crippen molar-refractivity contribution in [2.45, 2.75) is 32.4 Å². The standard InChI is InChI=1S/C13H21N3/c1-2-16(13-4-3-7-15-10-13)11-12-5-8-14-9-6-12/h5-6,8-9,13,15H,2-4,7,10-11H2,1H3/t13-/m1/s1. The van der Waals surface area contributed by atoms with Gasteiger partial charge in [-0.1, -0.05) is 6.92 Å². The SMILES string of the molecule is CCN(Cc1ccncc1)[C@@H]1CCCNC1. The van der Waals surface area contributed by atoms with E-state index in [4.69, 9.17) is 0 Å². The van der Waals surface area contributed by atoms with Crippen LogP contribution < -0.4 is 5.32 Å². The number of rotatable bonds is 4. The topological polar surface area (TPSA) is 28.2 Å². The molecule has 88 valence electrons. The molecule has 1 N–H and O–H groups in total. The first kappa shape index (κ1) is 11.6. The number of likely N-dealkylation sites (N-methyl/N-ethyl adjacent to an activating group) is 1. The molecule has 0 aliphatic carbocycles. The van der Waals surface area contributed by atoms with Crippen LogP contribution in [0.4, 0.5) is 0 Å². The van der Waals surface area contributed by atoms with E-state index < -0.39 is 0 Å². The summed E-state index contributed by atoms with van der Waals surface area (Å²) in [6, 6.07) is 4.92. The van der Waals surface area contributed by atoms with Gasteiger partial charge in [-0.2, -0.15) is 0 Å². The highest BCUT2D eigenvalue weighted by atomic mass is 15.2. The summed E-state index contributed by atoms with van der Waals surface area (Å²) in [5, 5.41) is 3.48. The molecular formula is C13H21N3. The number of hydrogen-bond acceptors (Lipinski definition) is 3. The summed E-state index contributed by atoms with van der Waals surface area (Å²) in [4.78, 5) is 6.62. The molecule has 1 aromatic heterocycles. The molecule has 1 aliphatic heterocycles. The molecule has 0 amide bonds. The molecule has 1 aliphatic rings. The molecule has 0 aromatic carbocycles. The summed E-state index contributed by atoms with van der Waals surface area (Å²) in [5.41, 5.74) is 1.36. The fourth-order valence-corrected chi connectivity index (χ4v) is 2.37. The average molecular weight is 219 g/mol. The summed E-state index contributed by atoms with van der Waals surface area (Å²) in [5.74, 6) is 0. The van der Waals surface area contributed by atoms with Gasteiger partial charge in [0.25, 0.3) is 0 Å². The normalized spacial score (nSPS) is 21.2. The second kappa shape index (κ2) is 5.97. The van der Waals surface area contributed by atoms with Crippen LogP contribution in [-0.2, 0) is 6.54 Å². The smallest absolute Gasteiger partial charge is 0.0271 e. The van der Waals surface area contributed by atoms with Crippen molar-refractivity contribution >= 4 is 0 Å². The number of hydrogen-bond donors (Lipinski definition) is 1. The molecule has 3 heteroatoms. The van der Waals surface area contributed by atoms with Gasteiger partial charge in [0, 0.05) is 31.5 Å². The van der Waals surface area contributed by atoms with Crippen LogP contribution in [0.2, 0.25) is 0 Å². The highest BCUT2D eigenvalue weighted by Gasteiger charge is 2.19. The number of nitrogens with zero attached hydrogens (tertiary/aromatic N) is 2. The fraction of sp³-hybridized carbons (Fsp3) is 0.615. The van der Waals surface area contributed by atoms with Gasteiger partial charge in [-0.15, -0.1) is 0 Å². The zero-order valence-electron chi connectivity index (χ0n) is 10.0. The predicted octanol–water partition coefficient (Wildman–Crippen LogP) is 1.66. The van der Waals surface area contributed by atoms with Gasteiger partial charge in [0.1, 0.15) is 0 Å². The Bertz CT molecular complexity index is 293. The summed E-state index contributed by atoms with van der Waals surface area (Å²) in [7, 11) is 0. The Kier molecular flexibility index (Phi) is 4.31. The minimum atomic E-state index is 0.701. The second-order valence-electron chi connectivity index (χ2n) is 4.42. The molecule has 3 nitrogen and oxygen atoms in total. The Morgan fingerprint density at radius 3 is 2.88 bits per heavy atom. The fourth-order valence-electron chi connectivity index (χ4n) is 2.37. The van der Waals surface area contributed by atoms with E-state index >= 15 is 0 Å². The van der Waals surface area contributed by atoms with Crippen LogP contribution in [0.3, 0.4) is 0 Å². The van der Waals surface area contributed by atoms with E-state index in [-0.39, 0.29) is 0 Å². The molecule has 16 heavy (non-hydrogen) atoms. The van der Waals surface area contributed by atoms with Gasteiger partial charge in [0.15, 0.2) is 0 Å². The highest BCUT2D eigenvalue weighted by molar-refractivity contribution is 5.09. The van der Waals surface area contributed by atoms with Crippen molar-refractivity contribution in [2.75, 3.05) is 19.6 Å². The van der Waals surface area contributed by atoms with Gasteiger partial charge in [0.2, 0.25) is 0 Å². The number of piperidine rings is 1. The Labute approximate surface area is 97.9 Å². The minimum absolute atomic E-state index is 0.701. The molecule has 0 unspecified atom stereocenters. The summed E-state index contributed by atoms with van der Waals surface area (Å²) in [6.07, 6.45) is 6.38. The van der Waals surface area contributed by atoms with Crippen LogP contribution in [0.1, 0.15) is 25.3 Å². The molecular weight excluding hydrogens is 198 g/mol. The average Bonchev–Trinajstić information content (AvgIpc) is 2.38. The van der Waals surface area contributed by atoms with Crippen molar-refractivity contribution in [3.05, 3.63) is 30.1 Å². The maximum Gasteiger partial charge on any atom is 0.0271 e. The predicted molar refractivity (Wildman–Crippen MR) is 66.2 cm³/mol. The van der Waals surface area contributed by atoms with Crippen LogP contribution in [0.5, 0.6) is 0 Å². The lowest BCUT2D eigenvalue weighted by atomic mass is 10.1. The van der Waals surface area contributed by atoms with Crippen molar-refractivity contribution in [3.63, 3.8) is 0 Å². The number of nitrogens with one attached hydrogen (secondary N) is 1. The van der Waals surface area contributed by atoms with E-state index in [1.54, 1.807) is 0 Å². The molecule has 1 fully saturated rings. The lowest BCUT2D eigenvalue weighted by Crippen LogP contribution is -2.45.